The summed E-state index contributed by atoms with van der Waals surface area (Å²) in [7, 11) is 0. The van der Waals surface area contributed by atoms with Gasteiger partial charge in [-0.15, -0.1) is 10.2 Å². The largest absolute Gasteiger partial charge is 0.388 e. The Labute approximate surface area is 102 Å². The Kier molecular flexibility index (Phi) is 3.36. The summed E-state index contributed by atoms with van der Waals surface area (Å²) < 4.78 is 2.86. The molecule has 0 fully saturated rings. The lowest BCUT2D eigenvalue weighted by molar-refractivity contribution is 0.269. The van der Waals surface area contributed by atoms with Crippen LogP contribution in [0.4, 0.5) is 0 Å². The molecule has 0 aliphatic rings. The van der Waals surface area contributed by atoms with Gasteiger partial charge in [0.1, 0.15) is 12.9 Å². The van der Waals surface area contributed by atoms with E-state index in [1.807, 2.05) is 16.7 Å². The number of hydrogen-bond donors (Lipinski definition) is 1. The molecule has 5 heteroatoms. The van der Waals surface area contributed by atoms with Gasteiger partial charge in [-0.1, -0.05) is 22.9 Å². The highest BCUT2D eigenvalue weighted by Gasteiger charge is 2.08. The summed E-state index contributed by atoms with van der Waals surface area (Å²) in [6.07, 6.45) is 2.53. The highest BCUT2D eigenvalue weighted by Crippen LogP contribution is 2.21. The number of nitrogens with zero attached hydrogens (tertiary/aromatic N) is 3. The molecule has 0 saturated heterocycles. The molecular weight excluding hydrogens is 270 g/mol. The van der Waals surface area contributed by atoms with Crippen LogP contribution >= 0.6 is 15.9 Å². The number of benzene rings is 1. The van der Waals surface area contributed by atoms with E-state index in [0.29, 0.717) is 5.82 Å². The number of aryl methyl sites for hydroxylation is 1. The Bertz CT molecular complexity index is 496. The van der Waals surface area contributed by atoms with Gasteiger partial charge in [-0.3, -0.25) is 4.57 Å². The Morgan fingerprint density at radius 1 is 1.44 bits per heavy atom. The normalized spacial score (nSPS) is 10.7. The quantitative estimate of drug-likeness (QED) is 0.937. The van der Waals surface area contributed by atoms with Crippen LogP contribution in [-0.2, 0) is 13.0 Å². The Hall–Kier alpha value is -1.20. The van der Waals surface area contributed by atoms with Crippen molar-refractivity contribution in [1.82, 2.24) is 14.8 Å². The van der Waals surface area contributed by atoms with Gasteiger partial charge in [0, 0.05) is 4.47 Å². The Balaban J connectivity index is 2.55. The molecule has 4 nitrogen and oxygen atoms in total. The van der Waals surface area contributed by atoms with Crippen molar-refractivity contribution in [1.29, 1.82) is 0 Å². The van der Waals surface area contributed by atoms with Crippen molar-refractivity contribution in [3.63, 3.8) is 0 Å². The molecule has 0 aliphatic heterocycles. The van der Waals surface area contributed by atoms with E-state index in [-0.39, 0.29) is 6.61 Å². The monoisotopic (exact) mass is 281 g/mol. The number of halogens is 1. The van der Waals surface area contributed by atoms with E-state index in [0.717, 1.165) is 16.6 Å². The molecule has 0 bridgehead atoms. The molecule has 0 amide bonds. The molecule has 2 rings (SSSR count). The summed E-state index contributed by atoms with van der Waals surface area (Å²) in [5.41, 5.74) is 2.20. The van der Waals surface area contributed by atoms with E-state index >= 15 is 0 Å². The molecule has 1 aromatic heterocycles. The zero-order chi connectivity index (χ0) is 11.5. The maximum atomic E-state index is 9.15. The van der Waals surface area contributed by atoms with Crippen molar-refractivity contribution >= 4 is 15.9 Å². The van der Waals surface area contributed by atoms with Gasteiger partial charge in [-0.05, 0) is 30.2 Å². The Morgan fingerprint density at radius 2 is 2.25 bits per heavy atom. The van der Waals surface area contributed by atoms with Crippen molar-refractivity contribution in [2.45, 2.75) is 20.0 Å². The molecular formula is C11H12BrN3O. The van der Waals surface area contributed by atoms with E-state index in [2.05, 4.69) is 39.1 Å². The summed E-state index contributed by atoms with van der Waals surface area (Å²) in [4.78, 5) is 0. The van der Waals surface area contributed by atoms with Crippen molar-refractivity contribution in [2.75, 3.05) is 0 Å². The predicted octanol–water partition coefficient (Wildman–Crippen LogP) is 2.08. The fourth-order valence-electron chi connectivity index (χ4n) is 1.64. The van der Waals surface area contributed by atoms with Crippen LogP contribution < -0.4 is 0 Å². The minimum absolute atomic E-state index is 0.112. The van der Waals surface area contributed by atoms with Crippen LogP contribution in [0, 0.1) is 0 Å². The maximum Gasteiger partial charge on any atom is 0.163 e. The summed E-state index contributed by atoms with van der Waals surface area (Å²) in [5, 5.41) is 16.8. The average Bonchev–Trinajstić information content (AvgIpc) is 2.76. The fourth-order valence-corrected chi connectivity index (χ4v) is 2.05. The lowest BCUT2D eigenvalue weighted by atomic mass is 10.1. The molecule has 0 radical (unpaired) electrons. The second kappa shape index (κ2) is 4.76. The van der Waals surface area contributed by atoms with Crippen molar-refractivity contribution in [3.05, 3.63) is 40.4 Å². The molecule has 1 N–H and O–H groups in total. The van der Waals surface area contributed by atoms with Gasteiger partial charge in [-0.2, -0.15) is 0 Å². The van der Waals surface area contributed by atoms with Crippen LogP contribution in [0.5, 0.6) is 0 Å². The molecule has 0 atom stereocenters. The SMILES string of the molecule is CCc1cc(Br)ccc1-n1cnnc1CO. The number of aromatic nitrogens is 3. The van der Waals surface area contributed by atoms with E-state index in [9.17, 15) is 0 Å². The van der Waals surface area contributed by atoms with E-state index < -0.39 is 0 Å². The van der Waals surface area contributed by atoms with E-state index in [1.165, 1.54) is 5.56 Å². The molecule has 0 saturated carbocycles. The van der Waals surface area contributed by atoms with Gasteiger partial charge in [0.15, 0.2) is 5.82 Å². The Morgan fingerprint density at radius 3 is 2.94 bits per heavy atom. The standard InChI is InChI=1S/C11H12BrN3O/c1-2-8-5-9(12)3-4-10(8)15-7-13-14-11(15)6-16/h3-5,7,16H,2,6H2,1H3. The summed E-state index contributed by atoms with van der Waals surface area (Å²) in [6, 6.07) is 6.03. The first-order valence-corrected chi connectivity index (χ1v) is 5.84. The van der Waals surface area contributed by atoms with Crippen LogP contribution in [0.2, 0.25) is 0 Å². The first-order valence-electron chi connectivity index (χ1n) is 5.04. The molecule has 0 spiro atoms. The topological polar surface area (TPSA) is 50.9 Å². The number of aliphatic hydroxyl groups is 1. The van der Waals surface area contributed by atoms with Crippen LogP contribution in [-0.4, -0.2) is 19.9 Å². The molecule has 2 aromatic rings. The van der Waals surface area contributed by atoms with Gasteiger partial charge >= 0.3 is 0 Å². The van der Waals surface area contributed by atoms with Crippen LogP contribution in [0.1, 0.15) is 18.3 Å². The van der Waals surface area contributed by atoms with Crippen molar-refractivity contribution in [3.8, 4) is 5.69 Å². The first kappa shape index (κ1) is 11.3. The molecule has 1 heterocycles. The third-order valence-electron chi connectivity index (χ3n) is 2.44. The first-order chi connectivity index (χ1) is 7.76. The van der Waals surface area contributed by atoms with Crippen molar-refractivity contribution < 1.29 is 5.11 Å². The zero-order valence-corrected chi connectivity index (χ0v) is 10.5. The minimum Gasteiger partial charge on any atom is -0.388 e. The minimum atomic E-state index is -0.112. The van der Waals surface area contributed by atoms with E-state index in [1.54, 1.807) is 6.33 Å². The lowest BCUT2D eigenvalue weighted by Gasteiger charge is -2.10. The number of hydrogen-bond acceptors (Lipinski definition) is 3. The molecule has 16 heavy (non-hydrogen) atoms. The van der Waals surface area contributed by atoms with E-state index in [4.69, 9.17) is 5.11 Å². The molecule has 0 unspecified atom stereocenters. The third kappa shape index (κ3) is 2.01. The summed E-state index contributed by atoms with van der Waals surface area (Å²) in [6.45, 7) is 1.98. The van der Waals surface area contributed by atoms with Gasteiger partial charge in [0.2, 0.25) is 0 Å². The smallest absolute Gasteiger partial charge is 0.163 e. The third-order valence-corrected chi connectivity index (χ3v) is 2.94. The highest BCUT2D eigenvalue weighted by molar-refractivity contribution is 9.10. The molecule has 84 valence electrons. The van der Waals surface area contributed by atoms with Crippen LogP contribution in [0.25, 0.3) is 5.69 Å². The molecule has 1 aromatic carbocycles. The summed E-state index contributed by atoms with van der Waals surface area (Å²) >= 11 is 3.45. The van der Waals surface area contributed by atoms with Crippen LogP contribution in [0.15, 0.2) is 29.0 Å². The van der Waals surface area contributed by atoms with Gasteiger partial charge in [-0.25, -0.2) is 0 Å². The highest BCUT2D eigenvalue weighted by atomic mass is 79.9. The average molecular weight is 282 g/mol. The van der Waals surface area contributed by atoms with Gasteiger partial charge in [0.25, 0.3) is 0 Å². The predicted molar refractivity (Wildman–Crippen MR) is 64.4 cm³/mol. The maximum absolute atomic E-state index is 9.15. The number of rotatable bonds is 3. The fraction of sp³-hybridized carbons (Fsp3) is 0.273. The van der Waals surface area contributed by atoms with Gasteiger partial charge in [0.05, 0.1) is 5.69 Å². The van der Waals surface area contributed by atoms with Crippen molar-refractivity contribution in [2.24, 2.45) is 0 Å². The van der Waals surface area contributed by atoms with Crippen LogP contribution in [0.3, 0.4) is 0 Å². The molecule has 0 aliphatic carbocycles. The second-order valence-corrected chi connectivity index (χ2v) is 4.32. The van der Waals surface area contributed by atoms with Gasteiger partial charge < -0.3 is 5.11 Å². The summed E-state index contributed by atoms with van der Waals surface area (Å²) in [5.74, 6) is 0.553. The lowest BCUT2D eigenvalue weighted by Crippen LogP contribution is -2.03. The number of aliphatic hydroxyl groups excluding tert-OH is 1. The second-order valence-electron chi connectivity index (χ2n) is 3.40. The zero-order valence-electron chi connectivity index (χ0n) is 8.89.